The van der Waals surface area contributed by atoms with Gasteiger partial charge < -0.3 is 9.64 Å². The predicted octanol–water partition coefficient (Wildman–Crippen LogP) is 2.39. The molecule has 0 unspecified atom stereocenters. The minimum atomic E-state index is -0.269. The fourth-order valence-electron chi connectivity index (χ4n) is 2.10. The Balaban J connectivity index is 1.95. The third kappa shape index (κ3) is 2.64. The Morgan fingerprint density at radius 3 is 3.00 bits per heavy atom. The largest absolute Gasteiger partial charge is 0.385 e. The molecule has 1 aliphatic rings. The smallest absolute Gasteiger partial charge is 0.128 e. The molecule has 1 N–H and O–H groups in total. The van der Waals surface area contributed by atoms with Crippen LogP contribution in [0.1, 0.15) is 24.0 Å². The van der Waals surface area contributed by atoms with E-state index in [2.05, 4.69) is 0 Å². The maximum atomic E-state index is 13.1. The van der Waals surface area contributed by atoms with Crippen molar-refractivity contribution in [2.24, 2.45) is 0 Å². The van der Waals surface area contributed by atoms with Crippen LogP contribution in [-0.4, -0.2) is 31.0 Å². The Hall–Kier alpha value is -1.42. The summed E-state index contributed by atoms with van der Waals surface area (Å²) in [5.74, 6) is 0.173. The van der Waals surface area contributed by atoms with Gasteiger partial charge >= 0.3 is 0 Å². The van der Waals surface area contributed by atoms with Gasteiger partial charge in [0.05, 0.1) is 0 Å². The van der Waals surface area contributed by atoms with Gasteiger partial charge in [0.1, 0.15) is 11.7 Å². The van der Waals surface area contributed by atoms with E-state index < -0.39 is 0 Å². The van der Waals surface area contributed by atoms with Crippen molar-refractivity contribution < 1.29 is 9.13 Å². The predicted molar refractivity (Wildman–Crippen MR) is 64.7 cm³/mol. The normalized spacial score (nSPS) is 14.2. The molecule has 0 fully saturated rings. The van der Waals surface area contributed by atoms with Crippen molar-refractivity contribution in [1.29, 1.82) is 5.41 Å². The lowest BCUT2D eigenvalue weighted by Crippen LogP contribution is -2.25. The zero-order chi connectivity index (χ0) is 12.3. The van der Waals surface area contributed by atoms with Gasteiger partial charge in [0.15, 0.2) is 0 Å². The summed E-state index contributed by atoms with van der Waals surface area (Å²) in [6, 6.07) is 4.68. The molecular formula is C13H17FN2O. The van der Waals surface area contributed by atoms with E-state index in [-0.39, 0.29) is 5.82 Å². The second-order valence-corrected chi connectivity index (χ2v) is 4.27. The molecular weight excluding hydrogens is 219 g/mol. The second-order valence-electron chi connectivity index (χ2n) is 4.27. The van der Waals surface area contributed by atoms with Crippen LogP contribution in [0.3, 0.4) is 0 Å². The number of benzene rings is 1. The Bertz CT molecular complexity index is 420. The lowest BCUT2D eigenvalue weighted by Gasteiger charge is -2.17. The SMILES string of the molecule is COCCCCN1Cc2ccc(F)cc2C1=N. The Kier molecular flexibility index (Phi) is 3.74. The van der Waals surface area contributed by atoms with Gasteiger partial charge in [-0.25, -0.2) is 4.39 Å². The Morgan fingerprint density at radius 2 is 2.24 bits per heavy atom. The number of methoxy groups -OCH3 is 1. The van der Waals surface area contributed by atoms with Gasteiger partial charge in [-0.15, -0.1) is 0 Å². The number of amidine groups is 1. The van der Waals surface area contributed by atoms with Crippen molar-refractivity contribution in [3.63, 3.8) is 0 Å². The zero-order valence-corrected chi connectivity index (χ0v) is 10.0. The molecule has 0 aliphatic carbocycles. The third-order valence-electron chi connectivity index (χ3n) is 3.03. The molecule has 0 amide bonds. The second kappa shape index (κ2) is 5.27. The minimum Gasteiger partial charge on any atom is -0.385 e. The first-order chi connectivity index (χ1) is 8.22. The average Bonchev–Trinajstić information content (AvgIpc) is 2.62. The molecule has 1 aromatic rings. The highest BCUT2D eigenvalue weighted by atomic mass is 19.1. The van der Waals surface area contributed by atoms with Crippen LogP contribution in [0.4, 0.5) is 4.39 Å². The minimum absolute atomic E-state index is 0.269. The number of rotatable bonds is 5. The number of unbranched alkanes of at least 4 members (excludes halogenated alkanes) is 1. The molecule has 17 heavy (non-hydrogen) atoms. The summed E-state index contributed by atoms with van der Waals surface area (Å²) in [5, 5.41) is 7.99. The maximum Gasteiger partial charge on any atom is 0.128 e. The van der Waals surface area contributed by atoms with Gasteiger partial charge in [-0.1, -0.05) is 6.07 Å². The van der Waals surface area contributed by atoms with Crippen molar-refractivity contribution in [1.82, 2.24) is 4.90 Å². The first-order valence-corrected chi connectivity index (χ1v) is 5.83. The molecule has 4 heteroatoms. The van der Waals surface area contributed by atoms with E-state index in [0.29, 0.717) is 5.84 Å². The van der Waals surface area contributed by atoms with Crippen LogP contribution >= 0.6 is 0 Å². The number of ether oxygens (including phenoxy) is 1. The fraction of sp³-hybridized carbons (Fsp3) is 0.462. The van der Waals surface area contributed by atoms with E-state index in [1.54, 1.807) is 13.2 Å². The molecule has 92 valence electrons. The lowest BCUT2D eigenvalue weighted by molar-refractivity contribution is 0.190. The Morgan fingerprint density at radius 1 is 1.41 bits per heavy atom. The first kappa shape index (κ1) is 12.0. The summed E-state index contributed by atoms with van der Waals surface area (Å²) >= 11 is 0. The van der Waals surface area contributed by atoms with Crippen LogP contribution in [0.5, 0.6) is 0 Å². The van der Waals surface area contributed by atoms with Crippen LogP contribution in [0, 0.1) is 11.2 Å². The monoisotopic (exact) mass is 236 g/mol. The van der Waals surface area contributed by atoms with Crippen LogP contribution in [0.15, 0.2) is 18.2 Å². The van der Waals surface area contributed by atoms with Crippen molar-refractivity contribution in [2.75, 3.05) is 20.3 Å². The van der Waals surface area contributed by atoms with Gasteiger partial charge in [0.25, 0.3) is 0 Å². The van der Waals surface area contributed by atoms with E-state index in [1.807, 2.05) is 4.90 Å². The van der Waals surface area contributed by atoms with Crippen molar-refractivity contribution in [2.45, 2.75) is 19.4 Å². The molecule has 0 aromatic heterocycles. The maximum absolute atomic E-state index is 13.1. The molecule has 2 rings (SSSR count). The van der Waals surface area contributed by atoms with Crippen molar-refractivity contribution >= 4 is 5.84 Å². The number of fused-ring (bicyclic) bond motifs is 1. The van der Waals surface area contributed by atoms with E-state index >= 15 is 0 Å². The van der Waals surface area contributed by atoms with Crippen LogP contribution in [-0.2, 0) is 11.3 Å². The number of halogens is 1. The third-order valence-corrected chi connectivity index (χ3v) is 3.03. The summed E-state index contributed by atoms with van der Waals surface area (Å²) in [7, 11) is 1.69. The van der Waals surface area contributed by atoms with Gasteiger partial charge in [-0.05, 0) is 30.5 Å². The van der Waals surface area contributed by atoms with Crippen LogP contribution < -0.4 is 0 Å². The molecule has 0 bridgehead atoms. The number of hydrogen-bond donors (Lipinski definition) is 1. The van der Waals surface area contributed by atoms with Gasteiger partial charge in [0.2, 0.25) is 0 Å². The zero-order valence-electron chi connectivity index (χ0n) is 10.0. The topological polar surface area (TPSA) is 36.3 Å². The highest BCUT2D eigenvalue weighted by Gasteiger charge is 2.23. The average molecular weight is 236 g/mol. The van der Waals surface area contributed by atoms with Gasteiger partial charge in [-0.2, -0.15) is 0 Å². The highest BCUT2D eigenvalue weighted by Crippen LogP contribution is 2.23. The quantitative estimate of drug-likeness (QED) is 0.797. The molecule has 0 saturated carbocycles. The number of nitrogens with zero attached hydrogens (tertiary/aromatic N) is 1. The van der Waals surface area contributed by atoms with Gasteiger partial charge in [0, 0.05) is 32.4 Å². The first-order valence-electron chi connectivity index (χ1n) is 5.83. The molecule has 0 radical (unpaired) electrons. The number of nitrogens with one attached hydrogen (secondary N) is 1. The van der Waals surface area contributed by atoms with Crippen molar-refractivity contribution in [3.05, 3.63) is 35.1 Å². The summed E-state index contributed by atoms with van der Waals surface area (Å²) in [4.78, 5) is 1.99. The van der Waals surface area contributed by atoms with Crippen LogP contribution in [0.2, 0.25) is 0 Å². The van der Waals surface area contributed by atoms with Crippen LogP contribution in [0.25, 0.3) is 0 Å². The highest BCUT2D eigenvalue weighted by molar-refractivity contribution is 6.00. The molecule has 3 nitrogen and oxygen atoms in total. The molecule has 0 spiro atoms. The summed E-state index contributed by atoms with van der Waals surface area (Å²) in [5.41, 5.74) is 1.78. The van der Waals surface area contributed by atoms with Crippen molar-refractivity contribution in [3.8, 4) is 0 Å². The molecule has 1 aromatic carbocycles. The molecule has 1 aliphatic heterocycles. The fourth-order valence-corrected chi connectivity index (χ4v) is 2.10. The number of hydrogen-bond acceptors (Lipinski definition) is 2. The van der Waals surface area contributed by atoms with E-state index in [0.717, 1.165) is 43.7 Å². The standard InChI is InChI=1S/C13H17FN2O/c1-17-7-3-2-6-16-9-10-4-5-11(14)8-12(10)13(16)15/h4-5,8,15H,2-3,6-7,9H2,1H3. The molecule has 0 saturated heterocycles. The van der Waals surface area contributed by atoms with E-state index in [9.17, 15) is 4.39 Å². The Labute approximate surface area is 101 Å². The van der Waals surface area contributed by atoms with Gasteiger partial charge in [-0.3, -0.25) is 5.41 Å². The van der Waals surface area contributed by atoms with E-state index in [4.69, 9.17) is 10.1 Å². The van der Waals surface area contributed by atoms with E-state index in [1.165, 1.54) is 12.1 Å². The lowest BCUT2D eigenvalue weighted by atomic mass is 10.1. The summed E-state index contributed by atoms with van der Waals surface area (Å²) in [6.07, 6.45) is 1.98. The molecule has 1 heterocycles. The molecule has 0 atom stereocenters. The summed E-state index contributed by atoms with van der Waals surface area (Å²) in [6.45, 7) is 2.31. The summed E-state index contributed by atoms with van der Waals surface area (Å²) < 4.78 is 18.1.